The quantitative estimate of drug-likeness (QED) is 0.406. The summed E-state index contributed by atoms with van der Waals surface area (Å²) in [5.41, 5.74) is 18.3. The lowest BCUT2D eigenvalue weighted by Gasteiger charge is -2.42. The number of anilines is 2. The molecule has 33 heavy (non-hydrogen) atoms. The average Bonchev–Trinajstić information content (AvgIpc) is 3.06. The fraction of sp³-hybridized carbons (Fsp3) is 0.226. The second kappa shape index (κ2) is 9.84. The summed E-state index contributed by atoms with van der Waals surface area (Å²) in [4.78, 5) is 0. The zero-order chi connectivity index (χ0) is 23.3. The highest BCUT2D eigenvalue weighted by Gasteiger charge is 2.44. The fourth-order valence-corrected chi connectivity index (χ4v) is 4.89. The molecule has 0 bridgehead atoms. The largest absolute Gasteiger partial charge is 0.399 e. The van der Waals surface area contributed by atoms with Gasteiger partial charge in [0.05, 0.1) is 11.3 Å². The van der Waals surface area contributed by atoms with Crippen molar-refractivity contribution in [1.82, 2.24) is 0 Å². The number of hydrogen-bond acceptors (Lipinski definition) is 2. The Morgan fingerprint density at radius 1 is 0.818 bits per heavy atom. The molecule has 0 aromatic heterocycles. The monoisotopic (exact) mass is 432 g/mol. The molecule has 0 fully saturated rings. The molecule has 0 aliphatic heterocycles. The van der Waals surface area contributed by atoms with Gasteiger partial charge in [0.15, 0.2) is 0 Å². The van der Waals surface area contributed by atoms with E-state index >= 15 is 0 Å². The van der Waals surface area contributed by atoms with E-state index in [0.29, 0.717) is 0 Å². The smallest absolute Gasteiger partial charge is 0.0623 e. The molecule has 2 aromatic carbocycles. The number of benzene rings is 2. The van der Waals surface area contributed by atoms with Gasteiger partial charge in [0.25, 0.3) is 0 Å². The molecule has 0 amide bonds. The van der Waals surface area contributed by atoms with Crippen LogP contribution in [-0.2, 0) is 5.41 Å². The van der Waals surface area contributed by atoms with Gasteiger partial charge in [-0.05, 0) is 60.7 Å². The van der Waals surface area contributed by atoms with Gasteiger partial charge in [-0.1, -0.05) is 97.2 Å². The maximum absolute atomic E-state index is 6.12. The number of allylic oxidation sites excluding steroid dienone is 10. The fourth-order valence-electron chi connectivity index (χ4n) is 4.89. The lowest BCUT2D eigenvalue weighted by Crippen LogP contribution is -2.38. The summed E-state index contributed by atoms with van der Waals surface area (Å²) in [6, 6.07) is 16.6. The van der Waals surface area contributed by atoms with Crippen molar-refractivity contribution in [1.29, 1.82) is 0 Å². The van der Waals surface area contributed by atoms with Crippen molar-refractivity contribution in [3.8, 4) is 11.8 Å². The molecule has 4 rings (SSSR count). The predicted octanol–water partition coefficient (Wildman–Crippen LogP) is 6.74. The van der Waals surface area contributed by atoms with Gasteiger partial charge in [-0.3, -0.25) is 0 Å². The molecule has 2 atom stereocenters. The molecule has 0 saturated heterocycles. The number of nitrogen functional groups attached to an aromatic ring is 2. The molecule has 2 heteroatoms. The minimum Gasteiger partial charge on any atom is -0.399 e. The van der Waals surface area contributed by atoms with Gasteiger partial charge in [-0.2, -0.15) is 0 Å². The van der Waals surface area contributed by atoms with E-state index in [-0.39, 0.29) is 11.8 Å². The first kappa shape index (κ1) is 22.5. The third-order valence-corrected chi connectivity index (χ3v) is 6.59. The van der Waals surface area contributed by atoms with Gasteiger partial charge in [0.2, 0.25) is 0 Å². The highest BCUT2D eigenvalue weighted by atomic mass is 14.6. The molecule has 0 radical (unpaired) electrons. The van der Waals surface area contributed by atoms with Crippen LogP contribution in [0.25, 0.3) is 0 Å². The summed E-state index contributed by atoms with van der Waals surface area (Å²) in [7, 11) is 0. The Kier molecular flexibility index (Phi) is 6.71. The molecule has 4 N–H and O–H groups in total. The van der Waals surface area contributed by atoms with Crippen molar-refractivity contribution < 1.29 is 0 Å². The first-order valence-electron chi connectivity index (χ1n) is 11.7. The van der Waals surface area contributed by atoms with Gasteiger partial charge < -0.3 is 11.5 Å². The van der Waals surface area contributed by atoms with Crippen LogP contribution in [0.5, 0.6) is 0 Å². The van der Waals surface area contributed by atoms with E-state index in [4.69, 9.17) is 11.5 Å². The van der Waals surface area contributed by atoms with Crippen LogP contribution < -0.4 is 11.5 Å². The van der Waals surface area contributed by atoms with E-state index in [2.05, 4.69) is 98.6 Å². The van der Waals surface area contributed by atoms with Crippen LogP contribution >= 0.6 is 0 Å². The molecule has 2 unspecified atom stereocenters. The summed E-state index contributed by atoms with van der Waals surface area (Å²) in [5, 5.41) is 0. The molecular formula is C31H32N2. The van der Waals surface area contributed by atoms with Gasteiger partial charge in [-0.15, -0.1) is 0 Å². The molecule has 0 saturated carbocycles. The Morgan fingerprint density at radius 3 is 2.03 bits per heavy atom. The maximum Gasteiger partial charge on any atom is 0.0623 e. The third-order valence-electron chi connectivity index (χ3n) is 6.59. The molecular weight excluding hydrogens is 400 g/mol. The van der Waals surface area contributed by atoms with Crippen LogP contribution in [0.4, 0.5) is 11.4 Å². The topological polar surface area (TPSA) is 52.0 Å². The van der Waals surface area contributed by atoms with Crippen molar-refractivity contribution in [2.24, 2.45) is 11.8 Å². The molecule has 2 aliphatic rings. The minimum absolute atomic E-state index is 0.0727. The minimum atomic E-state index is -0.510. The normalized spacial score (nSPS) is 22.0. The zero-order valence-electron chi connectivity index (χ0n) is 19.5. The SMILES string of the molecule is CCC1=C(C(c2ccc(N)cc2)(c2ccc(N)cc2)C2C#CC(C)/C=C\C=C/2)C=CC=CC1. The van der Waals surface area contributed by atoms with Crippen LogP contribution in [-0.4, -0.2) is 0 Å². The number of hydrogen-bond donors (Lipinski definition) is 2. The first-order chi connectivity index (χ1) is 16.1. The Labute approximate surface area is 198 Å². The summed E-state index contributed by atoms with van der Waals surface area (Å²) in [5.74, 6) is 7.27. The summed E-state index contributed by atoms with van der Waals surface area (Å²) in [6.07, 6.45) is 19.3. The van der Waals surface area contributed by atoms with E-state index in [0.717, 1.165) is 24.2 Å². The standard InChI is InChI=1S/C31H32N2/c1-3-24-10-5-4-6-12-30(24)31(26-15-19-28(32)20-16-26,27-17-21-29(33)22-18-27)25-11-8-7-9-23(2)13-14-25/h4-9,11-12,15-23,25H,3,10,32-33H2,1-2H3/b9-7-,11-8-. The highest BCUT2D eigenvalue weighted by molar-refractivity contribution is 5.61. The van der Waals surface area contributed by atoms with Crippen molar-refractivity contribution in [3.63, 3.8) is 0 Å². The van der Waals surface area contributed by atoms with Crippen molar-refractivity contribution in [3.05, 3.63) is 119 Å². The van der Waals surface area contributed by atoms with Crippen LogP contribution in [0, 0.1) is 23.7 Å². The van der Waals surface area contributed by atoms with E-state index < -0.39 is 5.41 Å². The van der Waals surface area contributed by atoms with Crippen LogP contribution in [0.15, 0.2) is 108 Å². The summed E-state index contributed by atoms with van der Waals surface area (Å²) in [6.45, 7) is 4.38. The van der Waals surface area contributed by atoms with Gasteiger partial charge >= 0.3 is 0 Å². The summed E-state index contributed by atoms with van der Waals surface area (Å²) < 4.78 is 0. The molecule has 0 spiro atoms. The Balaban J connectivity index is 2.13. The van der Waals surface area contributed by atoms with Crippen molar-refractivity contribution >= 4 is 11.4 Å². The van der Waals surface area contributed by atoms with Crippen molar-refractivity contribution in [2.45, 2.75) is 32.1 Å². The Bertz CT molecular complexity index is 1150. The molecule has 2 aliphatic carbocycles. The van der Waals surface area contributed by atoms with E-state index in [1.54, 1.807) is 0 Å². The van der Waals surface area contributed by atoms with Gasteiger partial charge in [0.1, 0.15) is 0 Å². The zero-order valence-corrected chi connectivity index (χ0v) is 19.5. The van der Waals surface area contributed by atoms with Crippen LogP contribution in [0.3, 0.4) is 0 Å². The van der Waals surface area contributed by atoms with Crippen LogP contribution in [0.2, 0.25) is 0 Å². The summed E-state index contributed by atoms with van der Waals surface area (Å²) >= 11 is 0. The average molecular weight is 433 g/mol. The van der Waals surface area contributed by atoms with E-state index in [1.807, 2.05) is 24.3 Å². The number of nitrogens with two attached hydrogens (primary N) is 2. The second-order valence-corrected chi connectivity index (χ2v) is 8.74. The van der Waals surface area contributed by atoms with Crippen molar-refractivity contribution in [2.75, 3.05) is 11.5 Å². The third kappa shape index (κ3) is 4.45. The van der Waals surface area contributed by atoms with Crippen LogP contribution in [0.1, 0.15) is 37.8 Å². The van der Waals surface area contributed by atoms with Gasteiger partial charge in [0, 0.05) is 17.3 Å². The highest BCUT2D eigenvalue weighted by Crippen LogP contribution is 2.49. The second-order valence-electron chi connectivity index (χ2n) is 8.74. The van der Waals surface area contributed by atoms with E-state index in [9.17, 15) is 0 Å². The molecule has 166 valence electrons. The van der Waals surface area contributed by atoms with E-state index in [1.165, 1.54) is 22.3 Å². The Hall–Kier alpha value is -3.70. The molecule has 2 aromatic rings. The maximum atomic E-state index is 6.12. The lowest BCUT2D eigenvalue weighted by molar-refractivity contribution is 0.528. The molecule has 0 heterocycles. The lowest BCUT2D eigenvalue weighted by atomic mass is 9.59. The predicted molar refractivity (Wildman–Crippen MR) is 141 cm³/mol. The van der Waals surface area contributed by atoms with Gasteiger partial charge in [-0.25, -0.2) is 0 Å². The first-order valence-corrected chi connectivity index (χ1v) is 11.7. The number of rotatable bonds is 5. The Morgan fingerprint density at radius 2 is 1.42 bits per heavy atom. The molecule has 2 nitrogen and oxygen atoms in total.